The maximum atomic E-state index is 12.5. The van der Waals surface area contributed by atoms with Crippen LogP contribution in [0.15, 0.2) is 18.2 Å². The molecule has 1 amide bonds. The predicted molar refractivity (Wildman–Crippen MR) is 74.0 cm³/mol. The maximum absolute atomic E-state index is 12.5. The summed E-state index contributed by atoms with van der Waals surface area (Å²) in [6.07, 6.45) is 1.53. The summed E-state index contributed by atoms with van der Waals surface area (Å²) in [7, 11) is 0. The van der Waals surface area contributed by atoms with E-state index < -0.39 is 17.9 Å². The van der Waals surface area contributed by atoms with Crippen molar-refractivity contribution in [3.05, 3.63) is 28.8 Å². The van der Waals surface area contributed by atoms with Crippen LogP contribution in [0.4, 0.5) is 0 Å². The van der Waals surface area contributed by atoms with E-state index in [4.69, 9.17) is 11.6 Å². The number of likely N-dealkylation sites (tertiary alicyclic amines) is 1. The van der Waals surface area contributed by atoms with Crippen LogP contribution in [0.1, 0.15) is 30.1 Å². The lowest BCUT2D eigenvalue weighted by Crippen LogP contribution is -2.51. The molecule has 1 aliphatic rings. The number of aromatic hydroxyl groups is 1. The van der Waals surface area contributed by atoms with Crippen molar-refractivity contribution in [3.8, 4) is 5.75 Å². The number of amides is 1. The van der Waals surface area contributed by atoms with Gasteiger partial charge in [-0.1, -0.05) is 18.5 Å². The first-order valence-corrected chi connectivity index (χ1v) is 6.82. The van der Waals surface area contributed by atoms with E-state index in [1.807, 2.05) is 6.92 Å². The van der Waals surface area contributed by atoms with Gasteiger partial charge in [-0.3, -0.25) is 4.79 Å². The average Bonchev–Trinajstić information content (AvgIpc) is 2.37. The largest absolute Gasteiger partial charge is 0.507 e. The second kappa shape index (κ2) is 5.71. The van der Waals surface area contributed by atoms with Crippen molar-refractivity contribution in [1.29, 1.82) is 0 Å². The van der Waals surface area contributed by atoms with Crippen molar-refractivity contribution in [2.75, 3.05) is 6.54 Å². The van der Waals surface area contributed by atoms with Crippen LogP contribution < -0.4 is 0 Å². The van der Waals surface area contributed by atoms with Gasteiger partial charge >= 0.3 is 5.97 Å². The van der Waals surface area contributed by atoms with Crippen molar-refractivity contribution in [3.63, 3.8) is 0 Å². The first-order valence-electron chi connectivity index (χ1n) is 6.44. The summed E-state index contributed by atoms with van der Waals surface area (Å²) < 4.78 is 0. The molecule has 0 bridgehead atoms. The third-order valence-electron chi connectivity index (χ3n) is 3.64. The molecule has 1 aliphatic heterocycles. The Kier molecular flexibility index (Phi) is 4.18. The van der Waals surface area contributed by atoms with Gasteiger partial charge in [0.1, 0.15) is 11.8 Å². The summed E-state index contributed by atoms with van der Waals surface area (Å²) in [6, 6.07) is 3.33. The van der Waals surface area contributed by atoms with E-state index >= 15 is 0 Å². The number of hydrogen-bond donors (Lipinski definition) is 2. The van der Waals surface area contributed by atoms with Crippen molar-refractivity contribution >= 4 is 23.5 Å². The van der Waals surface area contributed by atoms with Gasteiger partial charge in [-0.05, 0) is 37.0 Å². The first-order chi connectivity index (χ1) is 9.41. The molecule has 2 unspecified atom stereocenters. The van der Waals surface area contributed by atoms with Gasteiger partial charge < -0.3 is 15.1 Å². The molecule has 0 radical (unpaired) electrons. The van der Waals surface area contributed by atoms with Crippen LogP contribution in [0.25, 0.3) is 0 Å². The molecule has 0 aliphatic carbocycles. The van der Waals surface area contributed by atoms with Crippen LogP contribution in [0.2, 0.25) is 5.02 Å². The zero-order valence-electron chi connectivity index (χ0n) is 11.0. The smallest absolute Gasteiger partial charge is 0.326 e. The van der Waals surface area contributed by atoms with Gasteiger partial charge in [-0.15, -0.1) is 0 Å². The molecule has 20 heavy (non-hydrogen) atoms. The average molecular weight is 298 g/mol. The highest BCUT2D eigenvalue weighted by atomic mass is 35.5. The number of benzene rings is 1. The Balaban J connectivity index is 2.33. The molecule has 0 spiro atoms. The molecule has 2 atom stereocenters. The fourth-order valence-electron chi connectivity index (χ4n) is 2.63. The molecule has 5 nitrogen and oxygen atoms in total. The minimum Gasteiger partial charge on any atom is -0.507 e. The predicted octanol–water partition coefficient (Wildman–Crippen LogP) is 2.37. The highest BCUT2D eigenvalue weighted by Crippen LogP contribution is 2.28. The number of hydrogen-bond acceptors (Lipinski definition) is 3. The van der Waals surface area contributed by atoms with E-state index in [2.05, 4.69) is 0 Å². The molecule has 2 N–H and O–H groups in total. The number of halogens is 1. The van der Waals surface area contributed by atoms with E-state index in [-0.39, 0.29) is 17.2 Å². The van der Waals surface area contributed by atoms with E-state index in [0.29, 0.717) is 11.6 Å². The first kappa shape index (κ1) is 14.7. The van der Waals surface area contributed by atoms with Crippen molar-refractivity contribution in [2.45, 2.75) is 25.8 Å². The summed E-state index contributed by atoms with van der Waals surface area (Å²) in [5.74, 6) is -1.83. The molecule has 1 heterocycles. The number of nitrogens with zero attached hydrogens (tertiary/aromatic N) is 1. The number of aliphatic carboxylic acids is 1. The number of carbonyl (C=O) groups excluding carboxylic acids is 1. The molecule has 1 saturated heterocycles. The summed E-state index contributed by atoms with van der Waals surface area (Å²) in [5.41, 5.74) is 0.0785. The third kappa shape index (κ3) is 2.72. The SMILES string of the molecule is CC1CCCN(C(=O)c2ccc(Cl)cc2O)C1C(=O)O. The fourth-order valence-corrected chi connectivity index (χ4v) is 2.80. The number of piperidine rings is 1. The van der Waals surface area contributed by atoms with Crippen LogP contribution >= 0.6 is 11.6 Å². The van der Waals surface area contributed by atoms with Gasteiger partial charge in [0, 0.05) is 11.6 Å². The molecule has 6 heteroatoms. The van der Waals surface area contributed by atoms with Gasteiger partial charge in [-0.2, -0.15) is 0 Å². The second-order valence-corrected chi connectivity index (χ2v) is 5.50. The van der Waals surface area contributed by atoms with Gasteiger partial charge in [0.15, 0.2) is 0 Å². The Morgan fingerprint density at radius 1 is 1.40 bits per heavy atom. The van der Waals surface area contributed by atoms with Crippen LogP contribution in [0.3, 0.4) is 0 Å². The van der Waals surface area contributed by atoms with Crippen LogP contribution in [-0.2, 0) is 4.79 Å². The summed E-state index contributed by atoms with van der Waals surface area (Å²) in [4.78, 5) is 25.1. The zero-order chi connectivity index (χ0) is 14.9. The topological polar surface area (TPSA) is 77.8 Å². The van der Waals surface area contributed by atoms with E-state index in [0.717, 1.165) is 12.8 Å². The fraction of sp³-hybridized carbons (Fsp3) is 0.429. The number of carbonyl (C=O) groups is 2. The number of rotatable bonds is 2. The van der Waals surface area contributed by atoms with Crippen molar-refractivity contribution in [2.24, 2.45) is 5.92 Å². The second-order valence-electron chi connectivity index (χ2n) is 5.06. The summed E-state index contributed by atoms with van der Waals surface area (Å²) in [6.45, 7) is 2.20. The molecular weight excluding hydrogens is 282 g/mol. The normalized spacial score (nSPS) is 22.6. The molecule has 1 fully saturated rings. The molecule has 1 aromatic rings. The molecular formula is C14H16ClNO4. The molecule has 0 saturated carbocycles. The summed E-state index contributed by atoms with van der Waals surface area (Å²) >= 11 is 5.73. The number of phenolic OH excluding ortho intramolecular Hbond substituents is 1. The van der Waals surface area contributed by atoms with Crippen LogP contribution in [0.5, 0.6) is 5.75 Å². The number of carboxylic acids is 1. The Hall–Kier alpha value is -1.75. The van der Waals surface area contributed by atoms with Crippen LogP contribution in [-0.4, -0.2) is 39.6 Å². The minimum absolute atomic E-state index is 0.0785. The number of carboxylic acid groups (broad SMARTS) is 1. The van der Waals surface area contributed by atoms with Gasteiger partial charge in [-0.25, -0.2) is 4.79 Å². The van der Waals surface area contributed by atoms with E-state index in [1.54, 1.807) is 0 Å². The summed E-state index contributed by atoms with van der Waals surface area (Å²) in [5, 5.41) is 19.4. The molecule has 108 valence electrons. The highest BCUT2D eigenvalue weighted by Gasteiger charge is 2.37. The van der Waals surface area contributed by atoms with Gasteiger partial charge in [0.05, 0.1) is 5.56 Å². The quantitative estimate of drug-likeness (QED) is 0.878. The monoisotopic (exact) mass is 297 g/mol. The lowest BCUT2D eigenvalue weighted by atomic mass is 9.90. The van der Waals surface area contributed by atoms with Crippen LogP contribution in [0, 0.1) is 5.92 Å². The standard InChI is InChI=1S/C14H16ClNO4/c1-8-3-2-6-16(12(8)14(19)20)13(18)10-5-4-9(15)7-11(10)17/h4-5,7-8,12,17H,2-3,6H2,1H3,(H,19,20). The van der Waals surface area contributed by atoms with E-state index in [1.165, 1.54) is 23.1 Å². The molecule has 2 rings (SSSR count). The van der Waals surface area contributed by atoms with Crippen molar-refractivity contribution < 1.29 is 19.8 Å². The molecule has 1 aromatic carbocycles. The van der Waals surface area contributed by atoms with Gasteiger partial charge in [0.2, 0.25) is 0 Å². The van der Waals surface area contributed by atoms with E-state index in [9.17, 15) is 19.8 Å². The maximum Gasteiger partial charge on any atom is 0.326 e. The third-order valence-corrected chi connectivity index (χ3v) is 3.87. The minimum atomic E-state index is -1.01. The van der Waals surface area contributed by atoms with Gasteiger partial charge in [0.25, 0.3) is 5.91 Å². The Morgan fingerprint density at radius 3 is 2.70 bits per heavy atom. The Morgan fingerprint density at radius 2 is 2.10 bits per heavy atom. The number of phenols is 1. The Bertz CT molecular complexity index is 546. The van der Waals surface area contributed by atoms with Crippen molar-refractivity contribution in [1.82, 2.24) is 4.90 Å². The zero-order valence-corrected chi connectivity index (χ0v) is 11.8. The lowest BCUT2D eigenvalue weighted by Gasteiger charge is -2.37. The Labute approximate surface area is 121 Å². The molecule has 0 aromatic heterocycles. The lowest BCUT2D eigenvalue weighted by molar-refractivity contribution is -0.145. The highest BCUT2D eigenvalue weighted by molar-refractivity contribution is 6.30.